The summed E-state index contributed by atoms with van der Waals surface area (Å²) in [4.78, 5) is 0. The van der Waals surface area contributed by atoms with E-state index >= 15 is 0 Å². The molecule has 0 aliphatic carbocycles. The molecule has 6 heteroatoms. The lowest BCUT2D eigenvalue weighted by Gasteiger charge is -2.20. The third kappa shape index (κ3) is 6.36. The number of aryl methyl sites for hydroxylation is 1. The van der Waals surface area contributed by atoms with E-state index in [1.54, 1.807) is 13.0 Å². The molecule has 0 unspecified atom stereocenters. The molecule has 0 spiro atoms. The van der Waals surface area contributed by atoms with Crippen molar-refractivity contribution in [3.05, 3.63) is 217 Å². The molecule has 0 atom stereocenters. The average molecular weight is 820 g/mol. The van der Waals surface area contributed by atoms with Gasteiger partial charge in [-0.05, 0) is 130 Å². The van der Waals surface area contributed by atoms with E-state index in [1.165, 1.54) is 6.07 Å². The monoisotopic (exact) mass is 819 g/mol. The highest BCUT2D eigenvalue weighted by Crippen LogP contribution is 2.44. The zero-order valence-electron chi connectivity index (χ0n) is 34.0. The number of nitrogens with zero attached hydrogens (tertiary/aromatic N) is 3. The number of fused-ring (bicyclic) bond motifs is 6. The quantitative estimate of drug-likeness (QED) is 0.165. The summed E-state index contributed by atoms with van der Waals surface area (Å²) in [6.45, 7) is 1.73. The Balaban J connectivity index is 1.20. The van der Waals surface area contributed by atoms with Crippen molar-refractivity contribution in [1.82, 2.24) is 9.13 Å². The Hall–Kier alpha value is -8.14. The number of rotatable bonds is 6. The lowest BCUT2D eigenvalue weighted by Crippen LogP contribution is -2.05. The fraction of sp³-hybridized carbons (Fsp3) is 0.0351. The smallest absolute Gasteiger partial charge is 0.309 e. The number of hydrogen-bond donors (Lipinski definition) is 0. The molecule has 2 heterocycles. The first-order chi connectivity index (χ1) is 30.7. The van der Waals surface area contributed by atoms with Crippen molar-refractivity contribution in [2.45, 2.75) is 13.1 Å². The third-order valence-corrected chi connectivity index (χ3v) is 12.3. The van der Waals surface area contributed by atoms with Crippen LogP contribution in [0.1, 0.15) is 16.7 Å². The topological polar surface area (TPSA) is 33.6 Å². The Morgan fingerprint density at radius 3 is 1.54 bits per heavy atom. The number of halogens is 3. The Kier molecular flexibility index (Phi) is 8.88. The lowest BCUT2D eigenvalue weighted by molar-refractivity contribution is -0.137. The van der Waals surface area contributed by atoms with Crippen LogP contribution in [0.25, 0.3) is 99.5 Å². The molecule has 3 nitrogen and oxygen atoms in total. The Labute approximate surface area is 361 Å². The van der Waals surface area contributed by atoms with Gasteiger partial charge in [-0.25, -0.2) is 0 Å². The van der Waals surface area contributed by atoms with Gasteiger partial charge in [0.05, 0.1) is 45.0 Å². The van der Waals surface area contributed by atoms with E-state index in [1.807, 2.05) is 84.9 Å². The molecule has 0 aliphatic rings. The summed E-state index contributed by atoms with van der Waals surface area (Å²) in [6, 6.07) is 68.6. The van der Waals surface area contributed by atoms with Crippen molar-refractivity contribution < 1.29 is 13.2 Å². The Morgan fingerprint density at radius 2 is 0.952 bits per heavy atom. The highest BCUT2D eigenvalue weighted by atomic mass is 19.4. The maximum Gasteiger partial charge on any atom is 0.416 e. The van der Waals surface area contributed by atoms with Gasteiger partial charge in [0.15, 0.2) is 0 Å². The lowest BCUT2D eigenvalue weighted by atomic mass is 9.89. The Morgan fingerprint density at radius 1 is 0.413 bits per heavy atom. The van der Waals surface area contributed by atoms with E-state index in [-0.39, 0.29) is 0 Å². The van der Waals surface area contributed by atoms with Crippen LogP contribution < -0.4 is 0 Å². The molecule has 2 aromatic heterocycles. The standard InChI is InChI=1S/C57H36F3N3/c1-36-30-42(57(58,59)60)23-25-44(36)45-26-24-43(62-52-18-10-8-16-46(52)50-32-40(21-28-54(50)62)38-12-4-2-5-13-38)34-48(45)49-31-37(35-61)20-27-55(49)63-53-19-11-9-17-47(53)51-33-41(22-29-56(51)63)39-14-6-3-7-15-39/h2-34H,1H3. The minimum absolute atomic E-state index is 0.465. The van der Waals surface area contributed by atoms with Crippen LogP contribution in [0.4, 0.5) is 13.2 Å². The van der Waals surface area contributed by atoms with E-state index in [4.69, 9.17) is 0 Å². The van der Waals surface area contributed by atoms with Crippen molar-refractivity contribution in [1.29, 1.82) is 5.26 Å². The zero-order chi connectivity index (χ0) is 42.8. The second-order valence-corrected chi connectivity index (χ2v) is 16.0. The van der Waals surface area contributed by atoms with Crippen molar-refractivity contribution in [2.75, 3.05) is 0 Å². The molecule has 9 aromatic carbocycles. The number of aromatic nitrogens is 2. The first kappa shape index (κ1) is 37.8. The summed E-state index contributed by atoms with van der Waals surface area (Å²) in [7, 11) is 0. The zero-order valence-corrected chi connectivity index (χ0v) is 34.0. The van der Waals surface area contributed by atoms with Crippen LogP contribution >= 0.6 is 0 Å². The number of alkyl halides is 3. The molecule has 63 heavy (non-hydrogen) atoms. The molecule has 300 valence electrons. The first-order valence-electron chi connectivity index (χ1n) is 20.8. The average Bonchev–Trinajstić information content (AvgIpc) is 3.83. The molecule has 0 N–H and O–H groups in total. The van der Waals surface area contributed by atoms with E-state index in [2.05, 4.69) is 112 Å². The van der Waals surface area contributed by atoms with Gasteiger partial charge >= 0.3 is 6.18 Å². The number of nitriles is 1. The molecule has 0 saturated heterocycles. The summed E-state index contributed by atoms with van der Waals surface area (Å²) in [6.07, 6.45) is -4.49. The number of benzene rings is 9. The molecule has 0 bridgehead atoms. The maximum absolute atomic E-state index is 14.1. The minimum Gasteiger partial charge on any atom is -0.309 e. The fourth-order valence-corrected chi connectivity index (χ4v) is 9.39. The largest absolute Gasteiger partial charge is 0.416 e. The second-order valence-electron chi connectivity index (χ2n) is 16.0. The van der Waals surface area contributed by atoms with Gasteiger partial charge in [-0.15, -0.1) is 0 Å². The van der Waals surface area contributed by atoms with E-state index < -0.39 is 11.7 Å². The van der Waals surface area contributed by atoms with E-state index in [0.717, 1.165) is 100.0 Å². The van der Waals surface area contributed by atoms with Crippen LogP contribution in [0.5, 0.6) is 0 Å². The van der Waals surface area contributed by atoms with Crippen LogP contribution in [0.15, 0.2) is 200 Å². The van der Waals surface area contributed by atoms with Crippen molar-refractivity contribution in [2.24, 2.45) is 0 Å². The van der Waals surface area contributed by atoms with E-state index in [0.29, 0.717) is 16.7 Å². The summed E-state index contributed by atoms with van der Waals surface area (Å²) in [5, 5.41) is 14.8. The summed E-state index contributed by atoms with van der Waals surface area (Å²) in [5.41, 5.74) is 13.4. The van der Waals surface area contributed by atoms with Crippen molar-refractivity contribution in [3.63, 3.8) is 0 Å². The van der Waals surface area contributed by atoms with Crippen LogP contribution in [0.2, 0.25) is 0 Å². The molecule has 0 fully saturated rings. The molecular formula is C57H36F3N3. The van der Waals surface area contributed by atoms with Crippen LogP contribution in [0.3, 0.4) is 0 Å². The molecule has 0 saturated carbocycles. The number of hydrogen-bond acceptors (Lipinski definition) is 1. The van der Waals surface area contributed by atoms with E-state index in [9.17, 15) is 18.4 Å². The van der Waals surface area contributed by atoms with Crippen LogP contribution in [-0.2, 0) is 6.18 Å². The second kappa shape index (κ2) is 14.8. The predicted molar refractivity (Wildman–Crippen MR) is 251 cm³/mol. The molecule has 0 radical (unpaired) electrons. The van der Waals surface area contributed by atoms with Gasteiger partial charge in [0.2, 0.25) is 0 Å². The van der Waals surface area contributed by atoms with Gasteiger partial charge in [0.1, 0.15) is 0 Å². The molecule has 0 aliphatic heterocycles. The summed E-state index contributed by atoms with van der Waals surface area (Å²) < 4.78 is 46.7. The molecule has 11 aromatic rings. The molecule has 0 amide bonds. The molecule has 11 rings (SSSR count). The highest BCUT2D eigenvalue weighted by molar-refractivity contribution is 6.12. The Bertz CT molecular complexity index is 3630. The normalized spacial score (nSPS) is 11.8. The fourth-order valence-electron chi connectivity index (χ4n) is 9.39. The van der Waals surface area contributed by atoms with Gasteiger partial charge < -0.3 is 9.13 Å². The molecular weight excluding hydrogens is 784 g/mol. The predicted octanol–water partition coefficient (Wildman–Crippen LogP) is 15.7. The van der Waals surface area contributed by atoms with Crippen LogP contribution in [0, 0.1) is 18.3 Å². The van der Waals surface area contributed by atoms with Gasteiger partial charge in [0.25, 0.3) is 0 Å². The van der Waals surface area contributed by atoms with Gasteiger partial charge in [-0.1, -0.05) is 121 Å². The first-order valence-corrected chi connectivity index (χ1v) is 20.8. The SMILES string of the molecule is Cc1cc(C(F)(F)F)ccc1-c1ccc(-n2c3ccccc3c3cc(-c4ccccc4)ccc32)cc1-c1cc(C#N)ccc1-n1c2ccccc2c2cc(-c3ccccc3)ccc21. The van der Waals surface area contributed by atoms with Crippen LogP contribution in [-0.4, -0.2) is 9.13 Å². The highest BCUT2D eigenvalue weighted by Gasteiger charge is 2.31. The maximum atomic E-state index is 14.1. The minimum atomic E-state index is -4.49. The van der Waals surface area contributed by atoms with Crippen molar-refractivity contribution in [3.8, 4) is 62.0 Å². The van der Waals surface area contributed by atoms with Gasteiger partial charge in [0, 0.05) is 32.8 Å². The van der Waals surface area contributed by atoms with Gasteiger partial charge in [-0.2, -0.15) is 18.4 Å². The third-order valence-electron chi connectivity index (χ3n) is 12.3. The summed E-state index contributed by atoms with van der Waals surface area (Å²) >= 11 is 0. The summed E-state index contributed by atoms with van der Waals surface area (Å²) in [5.74, 6) is 0. The van der Waals surface area contributed by atoms with Crippen molar-refractivity contribution >= 4 is 43.6 Å². The van der Waals surface area contributed by atoms with Gasteiger partial charge in [-0.3, -0.25) is 0 Å². The number of para-hydroxylation sites is 2.